The maximum absolute atomic E-state index is 4.22. The Kier molecular flexibility index (Phi) is 13.9. The molecule has 0 radical (unpaired) electrons. The van der Waals surface area contributed by atoms with Gasteiger partial charge in [0.05, 0.1) is 16.1 Å². The van der Waals surface area contributed by atoms with Gasteiger partial charge in [0.1, 0.15) is 0 Å². The van der Waals surface area contributed by atoms with Crippen molar-refractivity contribution in [2.75, 3.05) is 12.3 Å². The van der Waals surface area contributed by atoms with E-state index in [1.165, 1.54) is 48.6 Å². The first-order valence-corrected chi connectivity index (χ1v) is 18.6. The number of hydrogen-bond acceptors (Lipinski definition) is 1. The third-order valence-electron chi connectivity index (χ3n) is 6.05. The Bertz CT molecular complexity index is 322. The molecular formula is C26H59NSi2. The second kappa shape index (κ2) is 13.7. The summed E-state index contributed by atoms with van der Waals surface area (Å²) in [6.07, 6.45) is 2.73. The predicted octanol–water partition coefficient (Wildman–Crippen LogP) is 8.49. The molecule has 176 valence electrons. The molecule has 0 aromatic heterocycles. The summed E-state index contributed by atoms with van der Waals surface area (Å²) in [5, 5.41) is 4.22. The van der Waals surface area contributed by atoms with Crippen molar-refractivity contribution in [3.05, 3.63) is 0 Å². The minimum atomic E-state index is -1.29. The summed E-state index contributed by atoms with van der Waals surface area (Å²) in [5.41, 5.74) is 0. The Morgan fingerprint density at radius 2 is 0.552 bits per heavy atom. The van der Waals surface area contributed by atoms with Gasteiger partial charge in [-0.25, -0.2) is 0 Å². The highest BCUT2D eigenvalue weighted by atomic mass is 28.3. The van der Waals surface area contributed by atoms with Crippen molar-refractivity contribution in [3.63, 3.8) is 0 Å². The SMILES string of the molecule is CC(C)C[Si](CNC[Si](CC(C)C)(CC(C)C)CC(C)C)(CC(C)C)CC(C)C. The molecule has 0 heterocycles. The largest absolute Gasteiger partial charge is 0.322 e. The standard InChI is InChI=1S/C26H59NSi2/c1-21(2)13-28(14-22(3)4,15-23(5)6)19-27-20-29(16-24(7)8,17-25(9)10)18-26(11)12/h21-27H,13-20H2,1-12H3. The van der Waals surface area contributed by atoms with E-state index < -0.39 is 16.1 Å². The van der Waals surface area contributed by atoms with Crippen LogP contribution in [0.25, 0.3) is 0 Å². The Morgan fingerprint density at radius 3 is 0.690 bits per heavy atom. The van der Waals surface area contributed by atoms with Gasteiger partial charge in [-0.05, 0) is 47.8 Å². The highest BCUT2D eigenvalue weighted by Crippen LogP contribution is 2.34. The molecule has 0 aromatic rings. The van der Waals surface area contributed by atoms with E-state index in [0.29, 0.717) is 0 Å². The van der Waals surface area contributed by atoms with Crippen LogP contribution in [0, 0.1) is 35.5 Å². The zero-order chi connectivity index (χ0) is 22.8. The van der Waals surface area contributed by atoms with Crippen LogP contribution in [0.15, 0.2) is 0 Å². The van der Waals surface area contributed by atoms with E-state index in [4.69, 9.17) is 0 Å². The zero-order valence-electron chi connectivity index (χ0n) is 22.6. The lowest BCUT2D eigenvalue weighted by Gasteiger charge is -2.40. The normalized spacial score (nSPS) is 13.9. The summed E-state index contributed by atoms with van der Waals surface area (Å²) in [6.45, 7) is 29.5. The fourth-order valence-corrected chi connectivity index (χ4v) is 20.5. The highest BCUT2D eigenvalue weighted by Gasteiger charge is 2.38. The average Bonchev–Trinajstić information content (AvgIpc) is 2.41. The van der Waals surface area contributed by atoms with Gasteiger partial charge in [-0.1, -0.05) is 119 Å². The summed E-state index contributed by atoms with van der Waals surface area (Å²) in [5.74, 6) is 5.03. The first-order chi connectivity index (χ1) is 13.2. The maximum Gasteiger partial charge on any atom is 0.0694 e. The lowest BCUT2D eigenvalue weighted by atomic mass is 10.2. The van der Waals surface area contributed by atoms with Gasteiger partial charge in [0.15, 0.2) is 0 Å². The van der Waals surface area contributed by atoms with Crippen LogP contribution in [0.3, 0.4) is 0 Å². The van der Waals surface area contributed by atoms with E-state index >= 15 is 0 Å². The summed E-state index contributed by atoms with van der Waals surface area (Å²) in [6, 6.07) is 9.02. The fraction of sp³-hybridized carbons (Fsp3) is 1.00. The molecule has 3 heteroatoms. The molecule has 0 unspecified atom stereocenters. The smallest absolute Gasteiger partial charge is 0.0694 e. The first-order valence-electron chi connectivity index (χ1n) is 12.9. The van der Waals surface area contributed by atoms with Crippen LogP contribution in [-0.4, -0.2) is 28.5 Å². The van der Waals surface area contributed by atoms with Crippen LogP contribution >= 0.6 is 0 Å². The van der Waals surface area contributed by atoms with Gasteiger partial charge in [0.25, 0.3) is 0 Å². The summed E-state index contributed by atoms with van der Waals surface area (Å²) in [7, 11) is -2.59. The summed E-state index contributed by atoms with van der Waals surface area (Å²) < 4.78 is 0. The van der Waals surface area contributed by atoms with Crippen LogP contribution in [0.2, 0.25) is 36.3 Å². The fourth-order valence-electron chi connectivity index (χ4n) is 6.72. The van der Waals surface area contributed by atoms with E-state index in [1.54, 1.807) is 0 Å². The van der Waals surface area contributed by atoms with Crippen LogP contribution in [-0.2, 0) is 0 Å². The van der Waals surface area contributed by atoms with Crippen LogP contribution in [0.5, 0.6) is 0 Å². The van der Waals surface area contributed by atoms with Crippen LogP contribution in [0.1, 0.15) is 83.1 Å². The molecule has 0 aliphatic rings. The molecular weight excluding hydrogens is 382 g/mol. The number of hydrogen-bond donors (Lipinski definition) is 1. The minimum Gasteiger partial charge on any atom is -0.322 e. The molecule has 0 spiro atoms. The van der Waals surface area contributed by atoms with E-state index in [0.717, 1.165) is 35.5 Å². The van der Waals surface area contributed by atoms with Gasteiger partial charge >= 0.3 is 0 Å². The van der Waals surface area contributed by atoms with Gasteiger partial charge in [-0.3, -0.25) is 0 Å². The van der Waals surface area contributed by atoms with Gasteiger partial charge in [-0.15, -0.1) is 0 Å². The van der Waals surface area contributed by atoms with E-state index in [1.807, 2.05) is 0 Å². The third-order valence-corrected chi connectivity index (χ3v) is 18.1. The molecule has 0 aliphatic heterocycles. The average molecular weight is 442 g/mol. The maximum atomic E-state index is 4.22. The molecule has 0 rings (SSSR count). The van der Waals surface area contributed by atoms with E-state index in [2.05, 4.69) is 88.4 Å². The molecule has 1 nitrogen and oxygen atoms in total. The molecule has 0 bridgehead atoms. The quantitative estimate of drug-likeness (QED) is 0.237. The molecule has 0 amide bonds. The number of nitrogens with one attached hydrogen (secondary N) is 1. The summed E-state index contributed by atoms with van der Waals surface area (Å²) >= 11 is 0. The molecule has 0 saturated heterocycles. The lowest BCUT2D eigenvalue weighted by molar-refractivity contribution is 0.618. The van der Waals surface area contributed by atoms with Crippen molar-refractivity contribution in [1.29, 1.82) is 0 Å². The Balaban J connectivity index is 5.55. The molecule has 29 heavy (non-hydrogen) atoms. The first kappa shape index (κ1) is 29.4. The van der Waals surface area contributed by atoms with E-state index in [-0.39, 0.29) is 0 Å². The van der Waals surface area contributed by atoms with Crippen molar-refractivity contribution in [2.24, 2.45) is 35.5 Å². The van der Waals surface area contributed by atoms with Crippen molar-refractivity contribution in [3.8, 4) is 0 Å². The van der Waals surface area contributed by atoms with E-state index in [9.17, 15) is 0 Å². The van der Waals surface area contributed by atoms with Gasteiger partial charge in [0.2, 0.25) is 0 Å². The second-order valence-electron chi connectivity index (χ2n) is 13.2. The lowest BCUT2D eigenvalue weighted by Crippen LogP contribution is -2.54. The topological polar surface area (TPSA) is 12.0 Å². The molecule has 0 fully saturated rings. The third kappa shape index (κ3) is 13.4. The zero-order valence-corrected chi connectivity index (χ0v) is 24.6. The molecule has 0 atom stereocenters. The summed E-state index contributed by atoms with van der Waals surface area (Å²) in [4.78, 5) is 0. The second-order valence-corrected chi connectivity index (χ2v) is 22.3. The van der Waals surface area contributed by atoms with Gasteiger partial charge < -0.3 is 5.32 Å². The number of rotatable bonds is 16. The van der Waals surface area contributed by atoms with Crippen LogP contribution in [0.4, 0.5) is 0 Å². The molecule has 0 saturated carbocycles. The van der Waals surface area contributed by atoms with Crippen LogP contribution < -0.4 is 5.32 Å². The molecule has 0 aromatic carbocycles. The predicted molar refractivity (Wildman–Crippen MR) is 142 cm³/mol. The molecule has 0 aliphatic carbocycles. The van der Waals surface area contributed by atoms with Crippen molar-refractivity contribution < 1.29 is 0 Å². The van der Waals surface area contributed by atoms with Crippen molar-refractivity contribution >= 4 is 16.1 Å². The van der Waals surface area contributed by atoms with Crippen molar-refractivity contribution in [1.82, 2.24) is 5.32 Å². The Labute approximate surface area is 188 Å². The molecule has 1 N–H and O–H groups in total. The van der Waals surface area contributed by atoms with Crippen molar-refractivity contribution in [2.45, 2.75) is 119 Å². The van der Waals surface area contributed by atoms with Gasteiger partial charge in [0, 0.05) is 0 Å². The minimum absolute atomic E-state index is 0.838. The highest BCUT2D eigenvalue weighted by molar-refractivity contribution is 6.81. The van der Waals surface area contributed by atoms with Gasteiger partial charge in [-0.2, -0.15) is 0 Å². The Morgan fingerprint density at radius 1 is 0.379 bits per heavy atom. The Hall–Kier alpha value is 0.394. The monoisotopic (exact) mass is 441 g/mol.